The molecule has 0 saturated heterocycles. The standard InChI is InChI=1S/C27H22NO.C14H16GeN.Ir/c1-27(2,3)20-14-15-28-24(17-20)19-12-13-22-23-11-7-10-21(18-8-5-4-6-9-18)26(23)29-25(22)16-19;1-15(2,3)13-9-10-14(16-11-13)12-7-5-4-6-8-12;/h4-11,13-17H,1-3H3;4-7,9-11H,1-3H3;/q2*-1;. The van der Waals surface area contributed by atoms with Crippen molar-refractivity contribution >= 4 is 39.6 Å². The summed E-state index contributed by atoms with van der Waals surface area (Å²) in [4.78, 5) is 9.11. The van der Waals surface area contributed by atoms with E-state index >= 15 is 0 Å². The first-order valence-corrected chi connectivity index (χ1v) is 22.8. The SMILES string of the molecule is CC(C)(C)c1ccnc(-c2[c-]cc3c(c2)oc2c(-c4ccccc4)cccc23)c1.[CH3][Ge]([CH3])([CH3])[c]1ccc(-c2[c-]cccc2)nc1.[Ir]. The molecule has 0 aliphatic heterocycles. The van der Waals surface area contributed by atoms with Crippen LogP contribution in [-0.2, 0) is 25.5 Å². The molecular weight excluding hydrogens is 801 g/mol. The van der Waals surface area contributed by atoms with Crippen LogP contribution >= 0.6 is 0 Å². The summed E-state index contributed by atoms with van der Waals surface area (Å²) in [6, 6.07) is 43.9. The molecule has 0 atom stereocenters. The van der Waals surface area contributed by atoms with Gasteiger partial charge in [0.05, 0.1) is 5.58 Å². The van der Waals surface area contributed by atoms with Crippen molar-refractivity contribution in [3.05, 3.63) is 139 Å². The fourth-order valence-electron chi connectivity index (χ4n) is 5.32. The molecule has 0 bridgehead atoms. The fourth-order valence-corrected chi connectivity index (χ4v) is 7.49. The molecule has 0 amide bonds. The summed E-state index contributed by atoms with van der Waals surface area (Å²) < 4.78 is 7.79. The zero-order valence-corrected chi connectivity index (χ0v) is 31.7. The van der Waals surface area contributed by atoms with E-state index in [1.54, 1.807) is 0 Å². The molecule has 4 aromatic carbocycles. The molecule has 3 nitrogen and oxygen atoms in total. The van der Waals surface area contributed by atoms with E-state index in [2.05, 4.69) is 133 Å². The minimum atomic E-state index is -1.72. The van der Waals surface area contributed by atoms with Gasteiger partial charge in [-0.2, -0.15) is 0 Å². The molecule has 0 aliphatic carbocycles. The van der Waals surface area contributed by atoms with Gasteiger partial charge in [-0.05, 0) is 33.7 Å². The molecule has 3 aromatic heterocycles. The van der Waals surface area contributed by atoms with E-state index in [9.17, 15) is 0 Å². The molecule has 5 heteroatoms. The van der Waals surface area contributed by atoms with Gasteiger partial charge in [-0.25, -0.2) is 0 Å². The van der Waals surface area contributed by atoms with Gasteiger partial charge in [0.15, 0.2) is 0 Å². The Morgan fingerprint density at radius 1 is 0.696 bits per heavy atom. The van der Waals surface area contributed by atoms with Gasteiger partial charge < -0.3 is 9.40 Å². The third kappa shape index (κ3) is 7.42. The number of hydrogen-bond acceptors (Lipinski definition) is 3. The third-order valence-corrected chi connectivity index (χ3v) is 12.3. The minimum absolute atomic E-state index is 0. The Hall–Kier alpha value is -3.83. The van der Waals surface area contributed by atoms with Crippen LogP contribution in [0.25, 0.3) is 55.6 Å². The monoisotopic (exact) mass is 841 g/mol. The second-order valence-electron chi connectivity index (χ2n) is 13.4. The van der Waals surface area contributed by atoms with Gasteiger partial charge in [-0.1, -0.05) is 86.8 Å². The summed E-state index contributed by atoms with van der Waals surface area (Å²) in [5.74, 6) is 7.14. The average Bonchev–Trinajstić information content (AvgIpc) is 3.43. The van der Waals surface area contributed by atoms with Gasteiger partial charge in [0.1, 0.15) is 5.58 Å². The summed E-state index contributed by atoms with van der Waals surface area (Å²) in [6.45, 7) is 6.64. The van der Waals surface area contributed by atoms with Crippen LogP contribution in [0.1, 0.15) is 26.3 Å². The number of fused-ring (bicyclic) bond motifs is 3. The van der Waals surface area contributed by atoms with E-state index in [0.717, 1.165) is 55.6 Å². The average molecular weight is 840 g/mol. The van der Waals surface area contributed by atoms with Crippen molar-refractivity contribution in [3.8, 4) is 33.6 Å². The van der Waals surface area contributed by atoms with Crippen molar-refractivity contribution in [2.45, 2.75) is 43.5 Å². The molecule has 0 saturated carbocycles. The Kier molecular flexibility index (Phi) is 10.1. The number of pyridine rings is 2. The molecule has 7 rings (SSSR count). The number of furan rings is 1. The maximum Gasteiger partial charge on any atom is 0 e. The Morgan fingerprint density at radius 3 is 2.15 bits per heavy atom. The van der Waals surface area contributed by atoms with Crippen LogP contribution in [0, 0.1) is 12.1 Å². The van der Waals surface area contributed by atoms with Gasteiger partial charge >= 0.3 is 99.8 Å². The molecule has 7 aromatic rings. The number of para-hydroxylation sites is 1. The first kappa shape index (κ1) is 33.5. The minimum Gasteiger partial charge on any atom is 0 e. The number of nitrogens with zero attached hydrogens (tertiary/aromatic N) is 2. The topological polar surface area (TPSA) is 38.9 Å². The summed E-state index contributed by atoms with van der Waals surface area (Å²) in [5.41, 5.74) is 9.31. The molecule has 233 valence electrons. The van der Waals surface area contributed by atoms with E-state index in [1.165, 1.54) is 9.96 Å². The number of benzene rings is 4. The first-order chi connectivity index (χ1) is 21.6. The zero-order chi connectivity index (χ0) is 31.6. The first-order valence-electron chi connectivity index (χ1n) is 15.4. The van der Waals surface area contributed by atoms with Crippen LogP contribution in [0.2, 0.25) is 17.3 Å². The summed E-state index contributed by atoms with van der Waals surface area (Å²) in [7, 11) is 0. The molecule has 0 fully saturated rings. The van der Waals surface area contributed by atoms with E-state index in [4.69, 9.17) is 4.42 Å². The van der Waals surface area contributed by atoms with E-state index in [1.807, 2.05) is 48.8 Å². The maximum absolute atomic E-state index is 6.35. The number of aromatic nitrogens is 2. The zero-order valence-electron chi connectivity index (χ0n) is 27.2. The molecule has 0 N–H and O–H groups in total. The maximum atomic E-state index is 6.35. The number of rotatable bonds is 4. The van der Waals surface area contributed by atoms with Gasteiger partial charge in [0, 0.05) is 31.9 Å². The van der Waals surface area contributed by atoms with Crippen LogP contribution < -0.4 is 4.40 Å². The second kappa shape index (κ2) is 13.9. The third-order valence-electron chi connectivity index (χ3n) is 8.03. The van der Waals surface area contributed by atoms with Crippen LogP contribution in [-0.4, -0.2) is 23.2 Å². The predicted octanol–water partition coefficient (Wildman–Crippen LogP) is 10.5. The normalized spacial score (nSPS) is 11.5. The Morgan fingerprint density at radius 2 is 1.48 bits per heavy atom. The fraction of sp³-hybridized carbons (Fsp3) is 0.171. The summed E-state index contributed by atoms with van der Waals surface area (Å²) in [6.07, 6.45) is 3.91. The van der Waals surface area contributed by atoms with Crippen LogP contribution in [0.5, 0.6) is 0 Å². The van der Waals surface area contributed by atoms with Crippen molar-refractivity contribution in [3.63, 3.8) is 0 Å². The summed E-state index contributed by atoms with van der Waals surface area (Å²) >= 11 is -1.72. The molecular formula is C41H38GeIrN2O-2. The van der Waals surface area contributed by atoms with Gasteiger partial charge in [-0.15, -0.1) is 17.7 Å². The van der Waals surface area contributed by atoms with Gasteiger partial charge in [-0.3, -0.25) is 0 Å². The molecule has 1 radical (unpaired) electrons. The number of hydrogen-bond donors (Lipinski definition) is 0. The molecule has 0 spiro atoms. The van der Waals surface area contributed by atoms with Crippen LogP contribution in [0.3, 0.4) is 0 Å². The Bertz CT molecular complexity index is 2060. The van der Waals surface area contributed by atoms with Crippen molar-refractivity contribution < 1.29 is 24.5 Å². The van der Waals surface area contributed by atoms with E-state index in [0.29, 0.717) is 0 Å². The quantitative estimate of drug-likeness (QED) is 0.131. The van der Waals surface area contributed by atoms with E-state index in [-0.39, 0.29) is 25.5 Å². The van der Waals surface area contributed by atoms with Gasteiger partial charge in [0.25, 0.3) is 0 Å². The van der Waals surface area contributed by atoms with Crippen molar-refractivity contribution in [2.24, 2.45) is 0 Å². The van der Waals surface area contributed by atoms with Crippen LogP contribution in [0.15, 0.2) is 126 Å². The Balaban J connectivity index is 0.000000209. The second-order valence-corrected chi connectivity index (χ2v) is 24.1. The van der Waals surface area contributed by atoms with Crippen LogP contribution in [0.4, 0.5) is 0 Å². The molecule has 0 unspecified atom stereocenters. The van der Waals surface area contributed by atoms with Crippen molar-refractivity contribution in [2.75, 3.05) is 0 Å². The molecule has 3 heterocycles. The smallest absolute Gasteiger partial charge is 0 e. The van der Waals surface area contributed by atoms with Gasteiger partial charge in [0.2, 0.25) is 0 Å². The largest absolute Gasteiger partial charge is 0 e. The predicted molar refractivity (Wildman–Crippen MR) is 191 cm³/mol. The van der Waals surface area contributed by atoms with Crippen molar-refractivity contribution in [1.82, 2.24) is 9.97 Å². The van der Waals surface area contributed by atoms with Crippen molar-refractivity contribution in [1.29, 1.82) is 0 Å². The summed E-state index contributed by atoms with van der Waals surface area (Å²) in [5, 5.41) is 2.19. The molecule has 46 heavy (non-hydrogen) atoms. The molecule has 0 aliphatic rings. The Labute approximate surface area is 288 Å². The van der Waals surface area contributed by atoms with E-state index < -0.39 is 13.3 Å².